The Morgan fingerprint density at radius 1 is 1.13 bits per heavy atom. The number of nitrogens with zero attached hydrogens (tertiary/aromatic N) is 5. The molecule has 3 aromatic rings. The zero-order valence-corrected chi connectivity index (χ0v) is 21.2. The first-order valence-corrected chi connectivity index (χ1v) is 11.6. The molecule has 0 aliphatic carbocycles. The van der Waals surface area contributed by atoms with Crippen molar-refractivity contribution in [2.75, 3.05) is 31.1 Å². The van der Waals surface area contributed by atoms with Gasteiger partial charge in [0, 0.05) is 24.8 Å². The molecule has 0 spiro atoms. The Kier molecular flexibility index (Phi) is 8.63. The van der Waals surface area contributed by atoms with E-state index in [1.807, 2.05) is 22.6 Å². The quantitative estimate of drug-likeness (QED) is 0.448. The fourth-order valence-corrected chi connectivity index (χ4v) is 4.70. The molecular weight excluding hydrogens is 430 g/mol. The smallest absolute Gasteiger partial charge is 0.280 e. The van der Waals surface area contributed by atoms with Gasteiger partial charge in [0.1, 0.15) is 0 Å². The lowest BCUT2D eigenvalue weighted by Crippen LogP contribution is -2.39. The highest BCUT2D eigenvalue weighted by Gasteiger charge is 2.25. The molecule has 8 heteroatoms. The number of likely N-dealkylation sites (N-methyl/N-ethyl adjacent to an activating group) is 1. The number of thiazole rings is 1. The first-order chi connectivity index (χ1) is 14.3. The fourth-order valence-electron chi connectivity index (χ4n) is 3.65. The lowest BCUT2D eigenvalue weighted by atomic mass is 10.1. The summed E-state index contributed by atoms with van der Waals surface area (Å²) >= 11 is 1.58. The molecule has 170 valence electrons. The van der Waals surface area contributed by atoms with E-state index in [9.17, 15) is 4.79 Å². The number of fused-ring (bicyclic) bond motifs is 1. The van der Waals surface area contributed by atoms with Crippen molar-refractivity contribution in [3.05, 3.63) is 40.7 Å². The van der Waals surface area contributed by atoms with Gasteiger partial charge in [0.25, 0.3) is 5.91 Å². The molecule has 2 aromatic heterocycles. The summed E-state index contributed by atoms with van der Waals surface area (Å²) in [7, 11) is 0. The summed E-state index contributed by atoms with van der Waals surface area (Å²) < 4.78 is 3.01. The lowest BCUT2D eigenvalue weighted by Gasteiger charge is -2.24. The number of benzene rings is 1. The molecule has 1 aromatic carbocycles. The van der Waals surface area contributed by atoms with E-state index in [1.54, 1.807) is 11.3 Å². The second-order valence-electron chi connectivity index (χ2n) is 8.04. The number of rotatable bonds is 8. The van der Waals surface area contributed by atoms with E-state index in [4.69, 9.17) is 4.98 Å². The topological polar surface area (TPSA) is 54.3 Å². The third kappa shape index (κ3) is 5.27. The van der Waals surface area contributed by atoms with Gasteiger partial charge in [0.2, 0.25) is 0 Å². The van der Waals surface area contributed by atoms with Crippen LogP contribution in [0, 0.1) is 20.8 Å². The summed E-state index contributed by atoms with van der Waals surface area (Å²) in [5, 5.41) is 5.34. The number of hydrogen-bond donors (Lipinski definition) is 0. The number of aryl methyl sites for hydroxylation is 3. The Morgan fingerprint density at radius 3 is 2.39 bits per heavy atom. The van der Waals surface area contributed by atoms with Crippen molar-refractivity contribution in [1.29, 1.82) is 0 Å². The molecule has 0 N–H and O–H groups in total. The van der Waals surface area contributed by atoms with Crippen LogP contribution in [0.3, 0.4) is 0 Å². The Bertz CT molecular complexity index is 1040. The summed E-state index contributed by atoms with van der Waals surface area (Å²) in [6.07, 6.45) is 0. The Hall–Kier alpha value is -1.96. The predicted molar refractivity (Wildman–Crippen MR) is 133 cm³/mol. The molecule has 0 radical (unpaired) electrons. The maximum absolute atomic E-state index is 13.5. The van der Waals surface area contributed by atoms with Crippen molar-refractivity contribution in [3.63, 3.8) is 0 Å². The van der Waals surface area contributed by atoms with Crippen LogP contribution >= 0.6 is 23.7 Å². The van der Waals surface area contributed by atoms with Crippen molar-refractivity contribution in [2.45, 2.75) is 54.5 Å². The molecule has 1 amide bonds. The summed E-state index contributed by atoms with van der Waals surface area (Å²) in [6.45, 7) is 17.9. The molecule has 0 saturated carbocycles. The average molecular weight is 464 g/mol. The normalized spacial score (nSPS) is 11.4. The zero-order valence-electron chi connectivity index (χ0n) is 19.6. The van der Waals surface area contributed by atoms with Crippen LogP contribution in [0.4, 0.5) is 5.13 Å². The molecular formula is C23H34ClN5OS. The van der Waals surface area contributed by atoms with Crippen LogP contribution in [-0.2, 0) is 0 Å². The Balaban J connectivity index is 0.00000341. The highest BCUT2D eigenvalue weighted by molar-refractivity contribution is 7.22. The van der Waals surface area contributed by atoms with E-state index < -0.39 is 0 Å². The minimum Gasteiger partial charge on any atom is -0.302 e. The number of aromatic nitrogens is 3. The molecule has 0 saturated heterocycles. The van der Waals surface area contributed by atoms with E-state index >= 15 is 0 Å². The van der Waals surface area contributed by atoms with Crippen molar-refractivity contribution >= 4 is 45.0 Å². The standard InChI is InChI=1S/C23H33N5OS.ClH/c1-8-26(9-2)12-13-27(22(29)19-14-17(6)28(25-19)15(3)4)23-24-21-18(7)16(5)10-11-20(21)30-23;/h10-11,14-15H,8-9,12-13H2,1-7H3;1H. The van der Waals surface area contributed by atoms with Crippen LogP contribution < -0.4 is 4.90 Å². The van der Waals surface area contributed by atoms with E-state index in [1.165, 1.54) is 11.1 Å². The molecule has 6 nitrogen and oxygen atoms in total. The SMILES string of the molecule is CCN(CC)CCN(C(=O)c1cc(C)n(C(C)C)n1)c1nc2c(C)c(C)ccc2s1.Cl. The number of carbonyl (C=O) groups is 1. The van der Waals surface area contributed by atoms with Crippen LogP contribution in [0.1, 0.15) is 61.0 Å². The minimum atomic E-state index is -0.0851. The molecule has 3 rings (SSSR count). The summed E-state index contributed by atoms with van der Waals surface area (Å²) in [4.78, 5) is 22.6. The largest absolute Gasteiger partial charge is 0.302 e. The van der Waals surface area contributed by atoms with Crippen LogP contribution in [-0.4, -0.2) is 51.8 Å². The first-order valence-electron chi connectivity index (χ1n) is 10.7. The van der Waals surface area contributed by atoms with Crippen molar-refractivity contribution in [2.24, 2.45) is 0 Å². The second-order valence-corrected chi connectivity index (χ2v) is 9.05. The molecule has 0 unspecified atom stereocenters. The number of anilines is 1. The van der Waals surface area contributed by atoms with Crippen LogP contribution in [0.2, 0.25) is 0 Å². The molecule has 31 heavy (non-hydrogen) atoms. The highest BCUT2D eigenvalue weighted by Crippen LogP contribution is 2.32. The first kappa shape index (κ1) is 25.3. The maximum atomic E-state index is 13.5. The van der Waals surface area contributed by atoms with Gasteiger partial charge >= 0.3 is 0 Å². The van der Waals surface area contributed by atoms with E-state index in [0.717, 1.165) is 40.7 Å². The van der Waals surface area contributed by atoms with Gasteiger partial charge in [0.05, 0.1) is 10.2 Å². The van der Waals surface area contributed by atoms with Gasteiger partial charge in [-0.1, -0.05) is 31.3 Å². The Labute approximate surface area is 195 Å². The second kappa shape index (κ2) is 10.6. The molecule has 0 fully saturated rings. The highest BCUT2D eigenvalue weighted by atomic mass is 35.5. The average Bonchev–Trinajstić information content (AvgIpc) is 3.32. The van der Waals surface area contributed by atoms with Crippen LogP contribution in [0.25, 0.3) is 10.2 Å². The zero-order chi connectivity index (χ0) is 22.0. The molecule has 2 heterocycles. The fraction of sp³-hybridized carbons (Fsp3) is 0.522. The van der Waals surface area contributed by atoms with Crippen LogP contribution in [0.15, 0.2) is 18.2 Å². The van der Waals surface area contributed by atoms with Gasteiger partial charge in [-0.05, 0) is 71.0 Å². The lowest BCUT2D eigenvalue weighted by molar-refractivity contribution is 0.0978. The number of amides is 1. The van der Waals surface area contributed by atoms with Crippen LogP contribution in [0.5, 0.6) is 0 Å². The predicted octanol–water partition coefficient (Wildman–Crippen LogP) is 5.41. The van der Waals surface area contributed by atoms with Gasteiger partial charge in [-0.2, -0.15) is 5.10 Å². The number of carbonyl (C=O) groups excluding carboxylic acids is 1. The van der Waals surface area contributed by atoms with Crippen molar-refractivity contribution in [3.8, 4) is 0 Å². The third-order valence-electron chi connectivity index (χ3n) is 5.71. The van der Waals surface area contributed by atoms with E-state index in [0.29, 0.717) is 12.2 Å². The number of halogens is 1. The van der Waals surface area contributed by atoms with Gasteiger partial charge in [0.15, 0.2) is 10.8 Å². The molecule has 0 atom stereocenters. The van der Waals surface area contributed by atoms with Gasteiger partial charge in [-0.25, -0.2) is 4.98 Å². The van der Waals surface area contributed by atoms with E-state index in [-0.39, 0.29) is 24.4 Å². The van der Waals surface area contributed by atoms with Gasteiger partial charge in [-0.15, -0.1) is 12.4 Å². The number of hydrogen-bond acceptors (Lipinski definition) is 5. The van der Waals surface area contributed by atoms with Crippen molar-refractivity contribution < 1.29 is 4.79 Å². The molecule has 0 bridgehead atoms. The molecule has 0 aliphatic heterocycles. The third-order valence-corrected chi connectivity index (χ3v) is 6.76. The monoisotopic (exact) mass is 463 g/mol. The maximum Gasteiger partial charge on any atom is 0.280 e. The molecule has 0 aliphatic rings. The Morgan fingerprint density at radius 2 is 1.81 bits per heavy atom. The van der Waals surface area contributed by atoms with Gasteiger partial charge in [-0.3, -0.25) is 14.4 Å². The van der Waals surface area contributed by atoms with Crippen molar-refractivity contribution in [1.82, 2.24) is 19.7 Å². The summed E-state index contributed by atoms with van der Waals surface area (Å²) in [6, 6.07) is 6.32. The van der Waals surface area contributed by atoms with E-state index in [2.05, 4.69) is 63.7 Å². The minimum absolute atomic E-state index is 0. The summed E-state index contributed by atoms with van der Waals surface area (Å²) in [5.74, 6) is -0.0851. The summed E-state index contributed by atoms with van der Waals surface area (Å²) in [5.41, 5.74) is 4.85. The van der Waals surface area contributed by atoms with Gasteiger partial charge < -0.3 is 4.90 Å².